The average molecular weight is 249 g/mol. The number of hydrogen-bond acceptors (Lipinski definition) is 4. The number of hydrogen-bond donors (Lipinski definition) is 1. The van der Waals surface area contributed by atoms with Gasteiger partial charge in [0, 0.05) is 26.2 Å². The van der Waals surface area contributed by atoms with Crippen LogP contribution in [0.3, 0.4) is 0 Å². The molecular weight excluding hydrogens is 230 g/mol. The lowest BCUT2D eigenvalue weighted by molar-refractivity contribution is 0.0973. The highest BCUT2D eigenvalue weighted by atomic mass is 16.6. The Balaban J connectivity index is 1.80. The maximum Gasteiger partial charge on any atom is 0.410 e. The summed E-state index contributed by atoms with van der Waals surface area (Å²) in [6, 6.07) is 9.69. The van der Waals surface area contributed by atoms with E-state index >= 15 is 0 Å². The SMILES string of the molecule is NN1CCCN(C(=O)OCc2ccccc2)CC1. The molecule has 1 saturated heterocycles. The van der Waals surface area contributed by atoms with E-state index in [9.17, 15) is 4.79 Å². The number of carbonyl (C=O) groups excluding carboxylic acids is 1. The van der Waals surface area contributed by atoms with Gasteiger partial charge in [-0.15, -0.1) is 0 Å². The van der Waals surface area contributed by atoms with E-state index < -0.39 is 0 Å². The van der Waals surface area contributed by atoms with Crippen molar-refractivity contribution in [2.75, 3.05) is 26.2 Å². The van der Waals surface area contributed by atoms with Gasteiger partial charge >= 0.3 is 6.09 Å². The molecule has 0 radical (unpaired) electrons. The molecule has 2 N–H and O–H groups in total. The van der Waals surface area contributed by atoms with Crippen LogP contribution in [0.1, 0.15) is 12.0 Å². The fraction of sp³-hybridized carbons (Fsp3) is 0.462. The van der Waals surface area contributed by atoms with E-state index in [2.05, 4.69) is 0 Å². The monoisotopic (exact) mass is 249 g/mol. The lowest BCUT2D eigenvalue weighted by Gasteiger charge is -2.19. The molecule has 1 amide bonds. The maximum atomic E-state index is 11.9. The first-order chi connectivity index (χ1) is 8.75. The first-order valence-electron chi connectivity index (χ1n) is 6.21. The van der Waals surface area contributed by atoms with Crippen LogP contribution in [0.25, 0.3) is 0 Å². The molecule has 0 spiro atoms. The molecule has 1 aromatic carbocycles. The molecule has 0 unspecified atom stereocenters. The lowest BCUT2D eigenvalue weighted by Crippen LogP contribution is -2.37. The number of nitrogens with two attached hydrogens (primary N) is 1. The fourth-order valence-electron chi connectivity index (χ4n) is 1.93. The second-order valence-electron chi connectivity index (χ2n) is 4.42. The van der Waals surface area contributed by atoms with Gasteiger partial charge in [-0.1, -0.05) is 30.3 Å². The lowest BCUT2D eigenvalue weighted by atomic mass is 10.2. The predicted octanol–water partition coefficient (Wildman–Crippen LogP) is 1.20. The van der Waals surface area contributed by atoms with Crippen molar-refractivity contribution in [3.63, 3.8) is 0 Å². The molecule has 5 heteroatoms. The molecule has 0 bridgehead atoms. The Morgan fingerprint density at radius 2 is 1.94 bits per heavy atom. The van der Waals surface area contributed by atoms with Crippen LogP contribution in [0.5, 0.6) is 0 Å². The Hall–Kier alpha value is -1.59. The Morgan fingerprint density at radius 3 is 2.72 bits per heavy atom. The zero-order valence-corrected chi connectivity index (χ0v) is 10.4. The molecule has 5 nitrogen and oxygen atoms in total. The van der Waals surface area contributed by atoms with Crippen LogP contribution in [-0.4, -0.2) is 42.2 Å². The summed E-state index contributed by atoms with van der Waals surface area (Å²) in [6.45, 7) is 3.18. The van der Waals surface area contributed by atoms with Gasteiger partial charge in [-0.2, -0.15) is 0 Å². The first-order valence-corrected chi connectivity index (χ1v) is 6.21. The molecular formula is C13H19N3O2. The molecule has 1 aromatic rings. The Labute approximate surface area is 107 Å². The van der Waals surface area contributed by atoms with E-state index in [1.165, 1.54) is 0 Å². The highest BCUT2D eigenvalue weighted by Gasteiger charge is 2.18. The van der Waals surface area contributed by atoms with Gasteiger partial charge in [-0.25, -0.2) is 9.80 Å². The highest BCUT2D eigenvalue weighted by molar-refractivity contribution is 5.67. The molecule has 0 saturated carbocycles. The molecule has 0 aliphatic carbocycles. The topological polar surface area (TPSA) is 58.8 Å². The summed E-state index contributed by atoms with van der Waals surface area (Å²) in [5.41, 5.74) is 1.00. The molecule has 1 heterocycles. The molecule has 2 rings (SSSR count). The number of benzene rings is 1. The smallest absolute Gasteiger partial charge is 0.410 e. The Kier molecular flexibility index (Phi) is 4.55. The molecule has 1 fully saturated rings. The zero-order valence-electron chi connectivity index (χ0n) is 10.4. The van der Waals surface area contributed by atoms with Crippen LogP contribution < -0.4 is 5.84 Å². The maximum absolute atomic E-state index is 11.9. The van der Waals surface area contributed by atoms with Crippen LogP contribution in [0.2, 0.25) is 0 Å². The number of nitrogens with zero attached hydrogens (tertiary/aromatic N) is 2. The molecule has 0 aromatic heterocycles. The summed E-state index contributed by atoms with van der Waals surface area (Å²) in [6.07, 6.45) is 0.630. The summed E-state index contributed by atoms with van der Waals surface area (Å²) in [4.78, 5) is 13.6. The van der Waals surface area contributed by atoms with Crippen LogP contribution in [-0.2, 0) is 11.3 Å². The molecule has 1 aliphatic rings. The number of hydrazine groups is 1. The van der Waals surface area contributed by atoms with Crippen LogP contribution in [0.4, 0.5) is 4.79 Å². The molecule has 98 valence electrons. The van der Waals surface area contributed by atoms with Crippen LogP contribution in [0, 0.1) is 0 Å². The summed E-state index contributed by atoms with van der Waals surface area (Å²) < 4.78 is 5.29. The number of ether oxygens (including phenoxy) is 1. The number of amides is 1. The highest BCUT2D eigenvalue weighted by Crippen LogP contribution is 2.05. The zero-order chi connectivity index (χ0) is 12.8. The van der Waals surface area contributed by atoms with Crippen molar-refractivity contribution in [3.05, 3.63) is 35.9 Å². The largest absolute Gasteiger partial charge is 0.445 e. The van der Waals surface area contributed by atoms with Gasteiger partial charge in [-0.3, -0.25) is 5.84 Å². The minimum Gasteiger partial charge on any atom is -0.445 e. The molecule has 0 atom stereocenters. The van der Waals surface area contributed by atoms with Gasteiger partial charge in [0.05, 0.1) is 0 Å². The minimum atomic E-state index is -0.255. The van der Waals surface area contributed by atoms with E-state index in [0.717, 1.165) is 18.5 Å². The fourth-order valence-corrected chi connectivity index (χ4v) is 1.93. The quantitative estimate of drug-likeness (QED) is 0.800. The van der Waals surface area contributed by atoms with Crippen molar-refractivity contribution < 1.29 is 9.53 Å². The third kappa shape index (κ3) is 3.72. The molecule has 1 aliphatic heterocycles. The third-order valence-corrected chi connectivity index (χ3v) is 2.99. The van der Waals surface area contributed by atoms with Crippen molar-refractivity contribution in [2.24, 2.45) is 5.84 Å². The van der Waals surface area contributed by atoms with Crippen LogP contribution in [0.15, 0.2) is 30.3 Å². The number of carbonyl (C=O) groups is 1. The van der Waals surface area contributed by atoms with E-state index in [1.807, 2.05) is 30.3 Å². The van der Waals surface area contributed by atoms with Gasteiger partial charge in [-0.05, 0) is 12.0 Å². The Morgan fingerprint density at radius 1 is 1.17 bits per heavy atom. The van der Waals surface area contributed by atoms with Gasteiger partial charge in [0.25, 0.3) is 0 Å². The second kappa shape index (κ2) is 6.37. The van der Waals surface area contributed by atoms with E-state index in [0.29, 0.717) is 26.2 Å². The van der Waals surface area contributed by atoms with Crippen molar-refractivity contribution >= 4 is 6.09 Å². The van der Waals surface area contributed by atoms with Crippen molar-refractivity contribution in [1.29, 1.82) is 0 Å². The standard InChI is InChI=1S/C13H19N3O2/c14-16-8-4-7-15(9-10-16)13(17)18-11-12-5-2-1-3-6-12/h1-3,5-6H,4,7-11,14H2. The third-order valence-electron chi connectivity index (χ3n) is 2.99. The number of rotatable bonds is 2. The first kappa shape index (κ1) is 12.9. The minimum absolute atomic E-state index is 0.255. The molecule has 18 heavy (non-hydrogen) atoms. The summed E-state index contributed by atoms with van der Waals surface area (Å²) in [5.74, 6) is 5.72. The second-order valence-corrected chi connectivity index (χ2v) is 4.42. The van der Waals surface area contributed by atoms with Crippen LogP contribution >= 0.6 is 0 Å². The predicted molar refractivity (Wildman–Crippen MR) is 68.6 cm³/mol. The van der Waals surface area contributed by atoms with Crippen molar-refractivity contribution in [3.8, 4) is 0 Å². The van der Waals surface area contributed by atoms with E-state index in [-0.39, 0.29) is 6.09 Å². The van der Waals surface area contributed by atoms with E-state index in [1.54, 1.807) is 9.91 Å². The van der Waals surface area contributed by atoms with Gasteiger partial charge in [0.15, 0.2) is 0 Å². The van der Waals surface area contributed by atoms with Crippen molar-refractivity contribution in [1.82, 2.24) is 9.91 Å². The Bertz CT molecular complexity index is 383. The van der Waals surface area contributed by atoms with Crippen molar-refractivity contribution in [2.45, 2.75) is 13.0 Å². The average Bonchev–Trinajstić information content (AvgIpc) is 2.62. The summed E-state index contributed by atoms with van der Waals surface area (Å²) in [5, 5.41) is 1.74. The normalized spacial score (nSPS) is 17.3. The summed E-state index contributed by atoms with van der Waals surface area (Å²) in [7, 11) is 0. The summed E-state index contributed by atoms with van der Waals surface area (Å²) >= 11 is 0. The van der Waals surface area contributed by atoms with E-state index in [4.69, 9.17) is 10.6 Å². The van der Waals surface area contributed by atoms with Gasteiger partial charge in [0.2, 0.25) is 0 Å². The van der Waals surface area contributed by atoms with Gasteiger partial charge in [0.1, 0.15) is 6.61 Å². The van der Waals surface area contributed by atoms with Gasteiger partial charge < -0.3 is 9.64 Å².